The topological polar surface area (TPSA) is 140 Å². The molecule has 3 rings (SSSR count). The van der Waals surface area contributed by atoms with Crippen LogP contribution in [0.4, 0.5) is 11.6 Å². The summed E-state index contributed by atoms with van der Waals surface area (Å²) in [4.78, 5) is 12.5. The van der Waals surface area contributed by atoms with Gasteiger partial charge >= 0.3 is 0 Å². The van der Waals surface area contributed by atoms with Crippen LogP contribution in [0.25, 0.3) is 0 Å². The van der Waals surface area contributed by atoms with Gasteiger partial charge in [0, 0.05) is 25.8 Å². The van der Waals surface area contributed by atoms with Gasteiger partial charge in [0.2, 0.25) is 9.84 Å². The Labute approximate surface area is 182 Å². The van der Waals surface area contributed by atoms with E-state index in [1.165, 1.54) is 12.3 Å². The Kier molecular flexibility index (Phi) is 6.74. The number of hydrogen-bond donors (Lipinski definition) is 1. The van der Waals surface area contributed by atoms with Crippen LogP contribution >= 0.6 is 0 Å². The number of hydrogen-bond acceptors (Lipinski definition) is 9. The molecule has 1 aliphatic heterocycles. The van der Waals surface area contributed by atoms with Gasteiger partial charge in [-0.05, 0) is 43.6 Å². The lowest BCUT2D eigenvalue weighted by Gasteiger charge is -2.25. The zero-order chi connectivity index (χ0) is 22.6. The molecule has 1 fully saturated rings. The van der Waals surface area contributed by atoms with Gasteiger partial charge in [0.25, 0.3) is 0 Å². The summed E-state index contributed by atoms with van der Waals surface area (Å²) < 4.78 is 26.6. The second-order valence-electron chi connectivity index (χ2n) is 7.54. The quantitative estimate of drug-likeness (QED) is 0.733. The summed E-state index contributed by atoms with van der Waals surface area (Å²) >= 11 is 0. The van der Waals surface area contributed by atoms with Crippen molar-refractivity contribution in [2.45, 2.75) is 30.5 Å². The maximum Gasteiger partial charge on any atom is 0.201 e. The minimum Gasteiger partial charge on any atom is -0.384 e. The second-order valence-corrected chi connectivity index (χ2v) is 9.45. The Balaban J connectivity index is 2.16. The van der Waals surface area contributed by atoms with E-state index in [4.69, 9.17) is 5.73 Å². The van der Waals surface area contributed by atoms with Gasteiger partial charge in [-0.3, -0.25) is 0 Å². The number of pyridine rings is 2. The lowest BCUT2D eigenvalue weighted by molar-refractivity contribution is 0.360. The van der Waals surface area contributed by atoms with Crippen molar-refractivity contribution in [2.24, 2.45) is 0 Å². The molecule has 0 saturated carbocycles. The van der Waals surface area contributed by atoms with Crippen LogP contribution in [0.2, 0.25) is 0 Å². The molecule has 2 aromatic rings. The molecule has 1 aliphatic rings. The predicted octanol–water partition coefficient (Wildman–Crippen LogP) is 1.48. The van der Waals surface area contributed by atoms with E-state index < -0.39 is 9.84 Å². The van der Waals surface area contributed by atoms with Crippen molar-refractivity contribution in [1.82, 2.24) is 14.9 Å². The highest BCUT2D eigenvalue weighted by Crippen LogP contribution is 2.31. The molecule has 0 spiro atoms. The molecule has 3 heterocycles. The number of aromatic nitrogens is 2. The summed E-state index contributed by atoms with van der Waals surface area (Å²) in [6.07, 6.45) is 2.61. The highest BCUT2D eigenvalue weighted by Gasteiger charge is 2.30. The molecule has 1 saturated heterocycles. The van der Waals surface area contributed by atoms with Crippen LogP contribution in [0.15, 0.2) is 23.4 Å². The Bertz CT molecular complexity index is 1150. The Morgan fingerprint density at radius 3 is 2.48 bits per heavy atom. The monoisotopic (exact) mass is 439 g/mol. The number of nitrogens with two attached hydrogens (primary N) is 1. The molecule has 2 N–H and O–H groups in total. The molecular formula is C21H25N7O2S. The van der Waals surface area contributed by atoms with Crippen molar-refractivity contribution in [1.29, 1.82) is 10.5 Å². The summed E-state index contributed by atoms with van der Waals surface area (Å²) in [5.74, 6) is 0.263. The maximum absolute atomic E-state index is 13.3. The van der Waals surface area contributed by atoms with E-state index in [0.29, 0.717) is 36.5 Å². The van der Waals surface area contributed by atoms with Crippen molar-refractivity contribution in [2.75, 3.05) is 43.9 Å². The third kappa shape index (κ3) is 4.76. The van der Waals surface area contributed by atoms with Crippen molar-refractivity contribution < 1.29 is 8.42 Å². The van der Waals surface area contributed by atoms with Gasteiger partial charge in [-0.2, -0.15) is 10.5 Å². The Hall–Kier alpha value is -3.21. The average Bonchev–Trinajstić information content (AvgIpc) is 2.97. The van der Waals surface area contributed by atoms with Crippen LogP contribution in [0.3, 0.4) is 0 Å². The fourth-order valence-corrected chi connectivity index (χ4v) is 5.16. The van der Waals surface area contributed by atoms with Crippen LogP contribution in [0.1, 0.15) is 35.6 Å². The van der Waals surface area contributed by atoms with Crippen molar-refractivity contribution in [3.8, 4) is 12.1 Å². The van der Waals surface area contributed by atoms with E-state index in [-0.39, 0.29) is 27.7 Å². The molecule has 0 aromatic carbocycles. The number of anilines is 2. The maximum atomic E-state index is 13.3. The lowest BCUT2D eigenvalue weighted by atomic mass is 10.0. The van der Waals surface area contributed by atoms with Crippen LogP contribution in [-0.4, -0.2) is 56.5 Å². The molecule has 31 heavy (non-hydrogen) atoms. The van der Waals surface area contributed by atoms with Gasteiger partial charge in [-0.25, -0.2) is 18.4 Å². The molecule has 10 heteroatoms. The molecule has 0 bridgehead atoms. The first-order valence-corrected chi connectivity index (χ1v) is 11.7. The second kappa shape index (κ2) is 9.29. The van der Waals surface area contributed by atoms with E-state index >= 15 is 0 Å². The van der Waals surface area contributed by atoms with Gasteiger partial charge in [0.1, 0.15) is 23.8 Å². The van der Waals surface area contributed by atoms with Crippen LogP contribution in [0.5, 0.6) is 0 Å². The molecule has 162 valence electrons. The molecule has 2 aromatic heterocycles. The fourth-order valence-electron chi connectivity index (χ4n) is 3.70. The zero-order valence-electron chi connectivity index (χ0n) is 17.7. The van der Waals surface area contributed by atoms with E-state index in [0.717, 1.165) is 19.5 Å². The van der Waals surface area contributed by atoms with E-state index in [9.17, 15) is 18.9 Å². The van der Waals surface area contributed by atoms with Gasteiger partial charge < -0.3 is 15.5 Å². The third-order valence-electron chi connectivity index (χ3n) is 5.34. The molecule has 0 unspecified atom stereocenters. The third-order valence-corrected chi connectivity index (χ3v) is 6.94. The molecule has 0 atom stereocenters. The predicted molar refractivity (Wildman–Crippen MR) is 117 cm³/mol. The van der Waals surface area contributed by atoms with E-state index in [1.54, 1.807) is 13.0 Å². The minimum absolute atomic E-state index is 0.0573. The first-order chi connectivity index (χ1) is 14.8. The zero-order valence-corrected chi connectivity index (χ0v) is 18.5. The van der Waals surface area contributed by atoms with Gasteiger partial charge in [-0.1, -0.05) is 13.0 Å². The number of sulfone groups is 1. The number of nitriles is 2. The number of nitrogens with zero attached hydrogens (tertiary/aromatic N) is 6. The summed E-state index contributed by atoms with van der Waals surface area (Å²) in [6, 6.07) is 7.26. The normalized spacial score (nSPS) is 15.2. The average molecular weight is 440 g/mol. The number of nitrogen functional groups attached to an aromatic ring is 1. The first-order valence-electron chi connectivity index (χ1n) is 10.0. The summed E-state index contributed by atoms with van der Waals surface area (Å²) in [5, 5.41) is 19.4. The highest BCUT2D eigenvalue weighted by atomic mass is 32.2. The summed E-state index contributed by atoms with van der Waals surface area (Å²) in [6.45, 7) is 4.76. The number of rotatable bonds is 5. The van der Waals surface area contributed by atoms with Crippen LogP contribution in [-0.2, 0) is 22.0 Å². The van der Waals surface area contributed by atoms with Crippen molar-refractivity contribution >= 4 is 21.5 Å². The molecular weight excluding hydrogens is 414 g/mol. The van der Waals surface area contributed by atoms with Crippen molar-refractivity contribution in [3.05, 3.63) is 40.6 Å². The SMILES string of the molecule is CCc1c(C#N)c(N2CCCN(C)CC2)nc(S(=O)(=O)Cc2ccc(N)nc2)c1C#N. The fraction of sp³-hybridized carbons (Fsp3) is 0.429. The smallest absolute Gasteiger partial charge is 0.201 e. The molecule has 0 radical (unpaired) electrons. The van der Waals surface area contributed by atoms with E-state index in [1.807, 2.05) is 18.0 Å². The van der Waals surface area contributed by atoms with Crippen LogP contribution in [0, 0.1) is 22.7 Å². The highest BCUT2D eigenvalue weighted by molar-refractivity contribution is 7.90. The lowest BCUT2D eigenvalue weighted by Crippen LogP contribution is -2.31. The van der Waals surface area contributed by atoms with Crippen LogP contribution < -0.4 is 10.6 Å². The minimum atomic E-state index is -3.97. The Morgan fingerprint density at radius 1 is 1.13 bits per heavy atom. The largest absolute Gasteiger partial charge is 0.384 e. The van der Waals surface area contributed by atoms with E-state index in [2.05, 4.69) is 20.9 Å². The van der Waals surface area contributed by atoms with Gasteiger partial charge in [0.05, 0.1) is 16.9 Å². The molecule has 0 amide bonds. The summed E-state index contributed by atoms with van der Waals surface area (Å²) in [5.41, 5.74) is 6.67. The Morgan fingerprint density at radius 2 is 1.87 bits per heavy atom. The first kappa shape index (κ1) is 22.5. The molecule has 0 aliphatic carbocycles. The summed E-state index contributed by atoms with van der Waals surface area (Å²) in [7, 11) is -1.95. The molecule has 9 nitrogen and oxygen atoms in total. The van der Waals surface area contributed by atoms with Crippen molar-refractivity contribution in [3.63, 3.8) is 0 Å². The standard InChI is InChI=1S/C21H25N7O2S/c1-3-16-17(11-22)20(28-8-4-7-27(2)9-10-28)26-21(18(16)12-23)31(29,30)14-15-5-6-19(24)25-13-15/h5-6,13H,3-4,7-10,14H2,1-2H3,(H2,24,25). The van der Waals surface area contributed by atoms with Gasteiger partial charge in [-0.15, -0.1) is 0 Å². The van der Waals surface area contributed by atoms with Gasteiger partial charge in [0.15, 0.2) is 5.03 Å². The number of likely N-dealkylation sites (N-methyl/N-ethyl adjacent to an activating group) is 1.